The van der Waals surface area contributed by atoms with Crippen molar-refractivity contribution in [2.75, 3.05) is 38.5 Å². The minimum atomic E-state index is -0.202. The topological polar surface area (TPSA) is 165 Å². The maximum absolute atomic E-state index is 13.2. The molecule has 4 heterocycles. The molecule has 0 aliphatic heterocycles. The highest BCUT2D eigenvalue weighted by Crippen LogP contribution is 2.31. The van der Waals surface area contributed by atoms with Crippen LogP contribution in [0.1, 0.15) is 21.6 Å². The number of para-hydroxylation sites is 1. The Hall–Kier alpha value is -10.4. The van der Waals surface area contributed by atoms with Crippen molar-refractivity contribution in [3.05, 3.63) is 230 Å². The molecule has 0 spiro atoms. The first-order valence-corrected chi connectivity index (χ1v) is 23.9. The van der Waals surface area contributed by atoms with Crippen molar-refractivity contribution in [1.29, 1.82) is 5.26 Å². The summed E-state index contributed by atoms with van der Waals surface area (Å²) in [7, 11) is 2.05. The summed E-state index contributed by atoms with van der Waals surface area (Å²) in [5.74, 6) is -0.202. The summed E-state index contributed by atoms with van der Waals surface area (Å²) in [6.07, 6.45) is 7.54. The first-order chi connectivity index (χ1) is 36.3. The Morgan fingerprint density at radius 1 is 0.622 bits per heavy atom. The van der Waals surface area contributed by atoms with Crippen molar-refractivity contribution in [3.63, 3.8) is 0 Å². The van der Waals surface area contributed by atoms with E-state index >= 15 is 0 Å². The second kappa shape index (κ2) is 20.5. The van der Waals surface area contributed by atoms with E-state index in [-0.39, 0.29) is 5.91 Å². The summed E-state index contributed by atoms with van der Waals surface area (Å²) in [5, 5.41) is 37.6. The first kappa shape index (κ1) is 46.0. The molecule has 0 aliphatic rings. The molecule has 14 nitrogen and oxygen atoms in total. The molecule has 5 N–H and O–H groups in total. The van der Waals surface area contributed by atoms with Gasteiger partial charge in [0.05, 0.1) is 40.1 Å². The molecule has 0 saturated carbocycles. The van der Waals surface area contributed by atoms with Crippen LogP contribution in [-0.2, 0) is 6.67 Å². The number of benzene rings is 7. The monoisotopic (exact) mass is 966 g/mol. The second-order valence-corrected chi connectivity index (χ2v) is 17.8. The van der Waals surface area contributed by atoms with Crippen molar-refractivity contribution >= 4 is 84.6 Å². The van der Waals surface area contributed by atoms with Crippen LogP contribution in [0.4, 0.5) is 56.9 Å². The van der Waals surface area contributed by atoms with Crippen LogP contribution in [0, 0.1) is 18.3 Å². The number of hydrogen-bond acceptors (Lipinski definition) is 11. The highest BCUT2D eigenvalue weighted by atomic mass is 16.1. The summed E-state index contributed by atoms with van der Waals surface area (Å²) in [4.78, 5) is 24.3. The molecule has 0 atom stereocenters. The second-order valence-electron chi connectivity index (χ2n) is 17.8. The van der Waals surface area contributed by atoms with E-state index in [9.17, 15) is 10.1 Å². The number of anilines is 10. The van der Waals surface area contributed by atoms with Gasteiger partial charge in [-0.2, -0.15) is 9.83 Å². The highest BCUT2D eigenvalue weighted by molar-refractivity contribution is 6.04. The van der Waals surface area contributed by atoms with Crippen LogP contribution in [0.2, 0.25) is 0 Å². The van der Waals surface area contributed by atoms with Crippen LogP contribution in [0.25, 0.3) is 38.8 Å². The Morgan fingerprint density at radius 2 is 1.27 bits per heavy atom. The van der Waals surface area contributed by atoms with E-state index in [0.717, 1.165) is 95.6 Å². The van der Waals surface area contributed by atoms with Crippen LogP contribution in [0.5, 0.6) is 0 Å². The van der Waals surface area contributed by atoms with E-state index in [4.69, 9.17) is 0 Å². The Balaban J connectivity index is 0.747. The number of nitrogens with one attached hydrogen (secondary N) is 5. The van der Waals surface area contributed by atoms with E-state index in [2.05, 4.69) is 87.8 Å². The van der Waals surface area contributed by atoms with Crippen LogP contribution in [0.15, 0.2) is 213 Å². The van der Waals surface area contributed by atoms with Gasteiger partial charge in [0, 0.05) is 105 Å². The molecule has 0 radical (unpaired) electrons. The van der Waals surface area contributed by atoms with Crippen LogP contribution in [-0.4, -0.2) is 37.9 Å². The van der Waals surface area contributed by atoms with Crippen LogP contribution < -0.4 is 36.1 Å². The molecular formula is C60H48N13O+. The lowest BCUT2D eigenvalue weighted by Crippen LogP contribution is -2.42. The number of carbonyl (C=O) groups excluding carboxylic acids is 1. The van der Waals surface area contributed by atoms with Gasteiger partial charge in [0.1, 0.15) is 5.69 Å². The number of nitrogens with zero attached hydrogens (tertiary/aromatic N) is 8. The number of fused-ring (bicyclic) bond motifs is 2. The third-order valence-corrected chi connectivity index (χ3v) is 12.6. The third-order valence-electron chi connectivity index (χ3n) is 12.6. The largest absolute Gasteiger partial charge is 0.356 e. The van der Waals surface area contributed by atoms with E-state index in [1.54, 1.807) is 17.1 Å². The fraction of sp³-hybridized carbons (Fsp3) is 0.0500. The van der Waals surface area contributed by atoms with Crippen molar-refractivity contribution < 1.29 is 9.36 Å². The van der Waals surface area contributed by atoms with E-state index < -0.39 is 0 Å². The summed E-state index contributed by atoms with van der Waals surface area (Å²) in [6, 6.07) is 63.4. The average Bonchev–Trinajstić information content (AvgIpc) is 3.93. The molecule has 7 aromatic carbocycles. The normalized spacial score (nSPS) is 10.9. The number of nitriles is 1. The van der Waals surface area contributed by atoms with Crippen molar-refractivity contribution in [2.24, 2.45) is 0 Å². The molecule has 14 heteroatoms. The van der Waals surface area contributed by atoms with Gasteiger partial charge in [0.15, 0.2) is 6.20 Å². The van der Waals surface area contributed by atoms with Gasteiger partial charge in [-0.3, -0.25) is 14.8 Å². The molecular weight excluding hydrogens is 919 g/mol. The van der Waals surface area contributed by atoms with Crippen LogP contribution >= 0.6 is 0 Å². The molecule has 11 rings (SSSR count). The van der Waals surface area contributed by atoms with Gasteiger partial charge in [-0.05, 0) is 153 Å². The van der Waals surface area contributed by atoms with Crippen molar-refractivity contribution in [2.45, 2.75) is 13.6 Å². The standard InChI is InChI=1S/C60H47N13O/c1-40-34-50(28-31-62-40)65-45-17-19-49(20-18-45)68-60(74)43-11-15-48(16-12-43)66-56-29-32-63-55-26-25-52(36-53(55)56)71(2)39-72-33-30-57(54-35-41(37-61)8-27-59(54)72)67-47-13-9-42(10-14-47)58-38-73(70-69-58)51-23-21-46(22-24-51)64-44-6-4-3-5-7-44/h3-36,38,64H,39H2,1-2H3,(H3,62,63,65,66,68,69,70,74)/p+1. The van der Waals surface area contributed by atoms with E-state index in [1.165, 1.54) is 0 Å². The quantitative estimate of drug-likeness (QED) is 0.0621. The molecule has 0 aliphatic carbocycles. The summed E-state index contributed by atoms with van der Waals surface area (Å²) >= 11 is 0. The van der Waals surface area contributed by atoms with E-state index in [0.29, 0.717) is 23.5 Å². The van der Waals surface area contributed by atoms with Gasteiger partial charge in [-0.15, -0.1) is 5.10 Å². The zero-order chi connectivity index (χ0) is 50.4. The number of aryl methyl sites for hydroxylation is 1. The zero-order valence-electron chi connectivity index (χ0n) is 40.4. The predicted molar refractivity (Wildman–Crippen MR) is 295 cm³/mol. The molecule has 0 fully saturated rings. The number of hydrogen-bond donors (Lipinski definition) is 5. The van der Waals surface area contributed by atoms with Gasteiger partial charge < -0.3 is 31.5 Å². The molecule has 0 unspecified atom stereocenters. The van der Waals surface area contributed by atoms with Gasteiger partial charge in [-0.25, -0.2) is 4.68 Å². The predicted octanol–water partition coefficient (Wildman–Crippen LogP) is 12.8. The molecule has 0 saturated heterocycles. The Kier molecular flexibility index (Phi) is 12.8. The number of amides is 1. The van der Waals surface area contributed by atoms with Gasteiger partial charge in [0.2, 0.25) is 12.2 Å². The Bertz CT molecular complexity index is 3840. The number of pyridine rings is 3. The Labute approximate surface area is 427 Å². The van der Waals surface area contributed by atoms with E-state index in [1.807, 2.05) is 189 Å². The lowest BCUT2D eigenvalue weighted by Gasteiger charge is -2.19. The van der Waals surface area contributed by atoms with Gasteiger partial charge in [-0.1, -0.05) is 35.5 Å². The fourth-order valence-corrected chi connectivity index (χ4v) is 8.71. The lowest BCUT2D eigenvalue weighted by atomic mass is 10.1. The molecule has 11 aromatic rings. The maximum atomic E-state index is 13.2. The lowest BCUT2D eigenvalue weighted by molar-refractivity contribution is -0.670. The summed E-state index contributed by atoms with van der Waals surface area (Å²) < 4.78 is 3.94. The Morgan fingerprint density at radius 3 is 2.01 bits per heavy atom. The van der Waals surface area contributed by atoms with Crippen molar-refractivity contribution in [3.8, 4) is 23.0 Å². The molecule has 4 aromatic heterocycles. The third kappa shape index (κ3) is 10.4. The van der Waals surface area contributed by atoms with Gasteiger partial charge in [0.25, 0.3) is 5.91 Å². The smallest absolute Gasteiger partial charge is 0.255 e. The minimum Gasteiger partial charge on any atom is -0.356 e. The molecule has 0 bridgehead atoms. The molecule has 1 amide bonds. The maximum Gasteiger partial charge on any atom is 0.255 e. The molecule has 74 heavy (non-hydrogen) atoms. The van der Waals surface area contributed by atoms with Crippen molar-refractivity contribution in [1.82, 2.24) is 25.0 Å². The summed E-state index contributed by atoms with van der Waals surface area (Å²) in [6.45, 7) is 2.47. The average molecular weight is 967 g/mol. The number of carbonyl (C=O) groups is 1. The fourth-order valence-electron chi connectivity index (χ4n) is 8.71. The highest BCUT2D eigenvalue weighted by Gasteiger charge is 2.18. The number of aromatic nitrogens is 6. The minimum absolute atomic E-state index is 0.202. The number of rotatable bonds is 15. The zero-order valence-corrected chi connectivity index (χ0v) is 40.4. The van der Waals surface area contributed by atoms with Gasteiger partial charge >= 0.3 is 0 Å². The SMILES string of the molecule is Cc1cc(Nc2ccc(NC(=O)c3ccc(Nc4ccnc5ccc(N(C)C[n+]6ccc(Nc7ccc(-c8cn(-c9ccc(Nc%10ccccc%10)cc9)nn8)cc7)c7cc(C#N)ccc76)cc45)cc3)cc2)ccn1. The van der Waals surface area contributed by atoms with Crippen LogP contribution in [0.3, 0.4) is 0 Å². The summed E-state index contributed by atoms with van der Waals surface area (Å²) in [5.41, 5.74) is 15.5. The molecule has 358 valence electrons. The first-order valence-electron chi connectivity index (χ1n) is 23.9.